The summed E-state index contributed by atoms with van der Waals surface area (Å²) in [5.41, 5.74) is 2.14. The van der Waals surface area contributed by atoms with E-state index in [9.17, 15) is 4.79 Å². The van der Waals surface area contributed by atoms with Crippen LogP contribution in [-0.2, 0) is 4.79 Å². The third-order valence-electron chi connectivity index (χ3n) is 1.56. The van der Waals surface area contributed by atoms with E-state index in [-0.39, 0.29) is 11.2 Å². The van der Waals surface area contributed by atoms with Gasteiger partial charge in [-0.3, -0.25) is 10.2 Å². The second kappa shape index (κ2) is 5.28. The van der Waals surface area contributed by atoms with E-state index in [0.717, 1.165) is 9.35 Å². The van der Waals surface area contributed by atoms with E-state index < -0.39 is 0 Å². The van der Waals surface area contributed by atoms with Crippen molar-refractivity contribution >= 4 is 29.0 Å². The van der Waals surface area contributed by atoms with E-state index in [1.165, 1.54) is 23.1 Å². The van der Waals surface area contributed by atoms with Crippen LogP contribution in [-0.4, -0.2) is 21.4 Å². The van der Waals surface area contributed by atoms with Crippen LogP contribution in [0.1, 0.15) is 18.4 Å². The summed E-state index contributed by atoms with van der Waals surface area (Å²) in [6.45, 7) is 3.81. The minimum atomic E-state index is -0.188. The Hall–Kier alpha value is -0.660. The van der Waals surface area contributed by atoms with E-state index in [1.54, 1.807) is 0 Å². The van der Waals surface area contributed by atoms with Gasteiger partial charge in [0.1, 0.15) is 5.01 Å². The highest BCUT2D eigenvalue weighted by Crippen LogP contribution is 2.27. The van der Waals surface area contributed by atoms with Crippen LogP contribution in [0, 0.1) is 6.92 Å². The molecule has 78 valence electrons. The molecule has 0 saturated heterocycles. The van der Waals surface area contributed by atoms with Crippen molar-refractivity contribution < 1.29 is 4.79 Å². The van der Waals surface area contributed by atoms with Gasteiger partial charge in [0.15, 0.2) is 4.34 Å². The number of rotatable bonds is 4. The highest BCUT2D eigenvalue weighted by molar-refractivity contribution is 8.02. The van der Waals surface area contributed by atoms with E-state index in [4.69, 9.17) is 5.84 Å². The van der Waals surface area contributed by atoms with Crippen LogP contribution in [0.25, 0.3) is 0 Å². The van der Waals surface area contributed by atoms with Crippen molar-refractivity contribution in [1.82, 2.24) is 15.6 Å². The number of carbonyl (C=O) groups excluding carboxylic acids is 1. The molecule has 14 heavy (non-hydrogen) atoms. The number of carbonyl (C=O) groups is 1. The van der Waals surface area contributed by atoms with Gasteiger partial charge in [-0.2, -0.15) is 0 Å². The lowest BCUT2D eigenvalue weighted by atomic mass is 10.3. The van der Waals surface area contributed by atoms with Gasteiger partial charge in [0.25, 0.3) is 0 Å². The zero-order valence-electron chi connectivity index (χ0n) is 7.98. The number of nitrogens with zero attached hydrogens (tertiary/aromatic N) is 2. The van der Waals surface area contributed by atoms with Crippen LogP contribution in [0.3, 0.4) is 0 Å². The molecular weight excluding hydrogens is 220 g/mol. The fourth-order valence-electron chi connectivity index (χ4n) is 0.863. The summed E-state index contributed by atoms with van der Waals surface area (Å²) in [5, 5.41) is 8.52. The molecule has 1 atom stereocenters. The summed E-state index contributed by atoms with van der Waals surface area (Å²) < 4.78 is 0.804. The molecule has 1 heterocycles. The Labute approximate surface area is 90.4 Å². The molecule has 0 aromatic carbocycles. The van der Waals surface area contributed by atoms with E-state index in [0.29, 0.717) is 6.42 Å². The number of aromatic nitrogens is 2. The highest BCUT2D eigenvalue weighted by atomic mass is 32.2. The Balaban J connectivity index is 2.61. The fraction of sp³-hybridized carbons (Fsp3) is 0.571. The minimum absolute atomic E-state index is 0.176. The number of nitrogens with one attached hydrogen (secondary N) is 1. The maximum atomic E-state index is 11.3. The molecule has 0 spiro atoms. The second-order valence-electron chi connectivity index (χ2n) is 2.61. The molecule has 1 unspecified atom stereocenters. The first kappa shape index (κ1) is 11.4. The van der Waals surface area contributed by atoms with Crippen molar-refractivity contribution in [3.8, 4) is 0 Å². The molecule has 0 aliphatic heterocycles. The summed E-state index contributed by atoms with van der Waals surface area (Å²) in [6.07, 6.45) is 0.715. The number of hydrogen-bond donors (Lipinski definition) is 2. The Morgan fingerprint density at radius 3 is 2.86 bits per heavy atom. The van der Waals surface area contributed by atoms with Crippen LogP contribution < -0.4 is 11.3 Å². The lowest BCUT2D eigenvalue weighted by Crippen LogP contribution is -2.37. The number of aryl methyl sites for hydroxylation is 1. The van der Waals surface area contributed by atoms with Crippen molar-refractivity contribution in [2.24, 2.45) is 5.84 Å². The highest BCUT2D eigenvalue weighted by Gasteiger charge is 2.18. The largest absolute Gasteiger partial charge is 0.293 e. The van der Waals surface area contributed by atoms with E-state index >= 15 is 0 Å². The van der Waals surface area contributed by atoms with Gasteiger partial charge in [0, 0.05) is 0 Å². The fourth-order valence-corrected chi connectivity index (χ4v) is 2.85. The van der Waals surface area contributed by atoms with Crippen molar-refractivity contribution in [3.05, 3.63) is 5.01 Å². The molecule has 1 amide bonds. The summed E-state index contributed by atoms with van der Waals surface area (Å²) in [6, 6.07) is 0. The number of nitrogens with two attached hydrogens (primary N) is 1. The van der Waals surface area contributed by atoms with Gasteiger partial charge in [0.2, 0.25) is 5.91 Å². The molecule has 0 fully saturated rings. The topological polar surface area (TPSA) is 80.9 Å². The van der Waals surface area contributed by atoms with Gasteiger partial charge in [-0.05, 0) is 13.3 Å². The summed E-state index contributed by atoms with van der Waals surface area (Å²) in [7, 11) is 0. The molecule has 0 bridgehead atoms. The summed E-state index contributed by atoms with van der Waals surface area (Å²) in [5.74, 6) is 4.89. The van der Waals surface area contributed by atoms with Crippen molar-refractivity contribution in [2.75, 3.05) is 0 Å². The zero-order chi connectivity index (χ0) is 10.6. The molecular formula is C7H12N4OS2. The SMILES string of the molecule is CCC(Sc1nnc(C)s1)C(=O)NN. The Bertz CT molecular complexity index is 314. The van der Waals surface area contributed by atoms with Crippen LogP contribution in [0.15, 0.2) is 4.34 Å². The van der Waals surface area contributed by atoms with E-state index in [1.807, 2.05) is 13.8 Å². The number of hydrogen-bond acceptors (Lipinski definition) is 6. The Morgan fingerprint density at radius 1 is 1.71 bits per heavy atom. The molecule has 5 nitrogen and oxygen atoms in total. The monoisotopic (exact) mass is 232 g/mol. The normalized spacial score (nSPS) is 12.5. The predicted octanol–water partition coefficient (Wildman–Crippen LogP) is 0.707. The smallest absolute Gasteiger partial charge is 0.247 e. The first-order valence-electron chi connectivity index (χ1n) is 4.14. The summed E-state index contributed by atoms with van der Waals surface area (Å²) in [4.78, 5) is 11.3. The Kier molecular flexibility index (Phi) is 4.30. The van der Waals surface area contributed by atoms with Gasteiger partial charge in [-0.25, -0.2) is 5.84 Å². The average molecular weight is 232 g/mol. The van der Waals surface area contributed by atoms with Crippen LogP contribution in [0.4, 0.5) is 0 Å². The van der Waals surface area contributed by atoms with Gasteiger partial charge >= 0.3 is 0 Å². The second-order valence-corrected chi connectivity index (χ2v) is 5.24. The molecule has 7 heteroatoms. The first-order chi connectivity index (χ1) is 6.67. The minimum Gasteiger partial charge on any atom is -0.293 e. The number of hydrazine groups is 1. The standard InChI is InChI=1S/C7H12N4OS2/c1-3-5(6(12)9-8)14-7-11-10-4(2)13-7/h5H,3,8H2,1-2H3,(H,9,12). The van der Waals surface area contributed by atoms with Gasteiger partial charge in [0.05, 0.1) is 5.25 Å². The Morgan fingerprint density at radius 2 is 2.43 bits per heavy atom. The third-order valence-corrected chi connectivity index (χ3v) is 3.84. The number of thioether (sulfide) groups is 1. The van der Waals surface area contributed by atoms with Gasteiger partial charge < -0.3 is 0 Å². The van der Waals surface area contributed by atoms with Gasteiger partial charge in [-0.15, -0.1) is 10.2 Å². The predicted molar refractivity (Wildman–Crippen MR) is 56.9 cm³/mol. The van der Waals surface area contributed by atoms with Crippen LogP contribution in [0.2, 0.25) is 0 Å². The molecule has 0 saturated carbocycles. The number of amides is 1. The lowest BCUT2D eigenvalue weighted by Gasteiger charge is -2.09. The molecule has 0 aliphatic rings. The third kappa shape index (κ3) is 2.93. The molecule has 3 N–H and O–H groups in total. The lowest BCUT2D eigenvalue weighted by molar-refractivity contribution is -0.120. The van der Waals surface area contributed by atoms with Crippen LogP contribution in [0.5, 0.6) is 0 Å². The maximum Gasteiger partial charge on any atom is 0.247 e. The molecule has 0 aliphatic carbocycles. The first-order valence-corrected chi connectivity index (χ1v) is 5.84. The molecule has 0 radical (unpaired) electrons. The van der Waals surface area contributed by atoms with Crippen molar-refractivity contribution in [3.63, 3.8) is 0 Å². The van der Waals surface area contributed by atoms with Crippen molar-refractivity contribution in [2.45, 2.75) is 29.9 Å². The molecule has 1 aromatic rings. The summed E-state index contributed by atoms with van der Waals surface area (Å²) >= 11 is 2.87. The zero-order valence-corrected chi connectivity index (χ0v) is 9.61. The van der Waals surface area contributed by atoms with E-state index in [2.05, 4.69) is 15.6 Å². The quantitative estimate of drug-likeness (QED) is 0.346. The average Bonchev–Trinajstić information content (AvgIpc) is 2.59. The maximum absolute atomic E-state index is 11.3. The molecule has 1 aromatic heterocycles. The van der Waals surface area contributed by atoms with Gasteiger partial charge in [-0.1, -0.05) is 30.0 Å². The van der Waals surface area contributed by atoms with Crippen molar-refractivity contribution in [1.29, 1.82) is 0 Å². The van der Waals surface area contributed by atoms with Crippen LogP contribution >= 0.6 is 23.1 Å². The molecule has 1 rings (SSSR count).